The van der Waals surface area contributed by atoms with Crippen LogP contribution >= 0.6 is 0 Å². The number of rotatable bonds is 5. The van der Waals surface area contributed by atoms with Crippen molar-refractivity contribution in [3.05, 3.63) is 35.9 Å². The maximum absolute atomic E-state index is 11.5. The first-order valence-corrected chi connectivity index (χ1v) is 6.67. The molecule has 1 aromatic carbocycles. The van der Waals surface area contributed by atoms with E-state index in [-0.39, 0.29) is 12.0 Å². The average Bonchev–Trinajstić information content (AvgIpc) is 2.83. The van der Waals surface area contributed by atoms with E-state index in [1.807, 2.05) is 30.3 Å². The molecule has 0 radical (unpaired) electrons. The van der Waals surface area contributed by atoms with E-state index in [2.05, 4.69) is 11.8 Å². The number of ether oxygens (including phenoxy) is 1. The zero-order valence-electron chi connectivity index (χ0n) is 11.5. The normalized spacial score (nSPS) is 25.4. The van der Waals surface area contributed by atoms with Crippen molar-refractivity contribution >= 4 is 5.97 Å². The van der Waals surface area contributed by atoms with Crippen LogP contribution in [-0.4, -0.2) is 42.3 Å². The van der Waals surface area contributed by atoms with Gasteiger partial charge in [-0.1, -0.05) is 30.3 Å². The molecular weight excluding hydrogens is 242 g/mol. The molecule has 104 valence electrons. The minimum absolute atomic E-state index is 0.0775. The predicted octanol–water partition coefficient (Wildman–Crippen LogP) is 2.17. The van der Waals surface area contributed by atoms with Gasteiger partial charge in [0.1, 0.15) is 6.04 Å². The summed E-state index contributed by atoms with van der Waals surface area (Å²) in [6, 6.07) is 9.72. The maximum Gasteiger partial charge on any atom is 0.321 e. The molecule has 19 heavy (non-hydrogen) atoms. The molecule has 4 nitrogen and oxygen atoms in total. The van der Waals surface area contributed by atoms with Crippen molar-refractivity contribution in [1.82, 2.24) is 4.90 Å². The predicted molar refractivity (Wildman–Crippen MR) is 73.0 cm³/mol. The zero-order chi connectivity index (χ0) is 13.8. The van der Waals surface area contributed by atoms with E-state index in [1.54, 1.807) is 7.11 Å². The number of likely N-dealkylation sites (tertiary alicyclic amines) is 1. The summed E-state index contributed by atoms with van der Waals surface area (Å²) in [5.41, 5.74) is 1.16. The summed E-state index contributed by atoms with van der Waals surface area (Å²) in [5, 5.41) is 9.48. The fourth-order valence-electron chi connectivity index (χ4n) is 2.97. The molecule has 2 rings (SSSR count). The lowest BCUT2D eigenvalue weighted by atomic mass is 10.00. The summed E-state index contributed by atoms with van der Waals surface area (Å²) in [6.45, 7) is 3.39. The van der Waals surface area contributed by atoms with Crippen LogP contribution in [0.2, 0.25) is 0 Å². The third-order valence-electron chi connectivity index (χ3n) is 3.98. The van der Waals surface area contributed by atoms with Gasteiger partial charge in [0, 0.05) is 25.6 Å². The van der Waals surface area contributed by atoms with Gasteiger partial charge in [-0.05, 0) is 18.9 Å². The van der Waals surface area contributed by atoms with E-state index in [0.717, 1.165) is 18.5 Å². The molecule has 3 atom stereocenters. The molecule has 0 aromatic heterocycles. The van der Waals surface area contributed by atoms with Gasteiger partial charge in [0.05, 0.1) is 6.61 Å². The maximum atomic E-state index is 11.5. The summed E-state index contributed by atoms with van der Waals surface area (Å²) in [4.78, 5) is 13.6. The number of carboxylic acid groups (broad SMARTS) is 1. The van der Waals surface area contributed by atoms with Crippen molar-refractivity contribution in [2.45, 2.75) is 25.4 Å². The molecule has 0 bridgehead atoms. The largest absolute Gasteiger partial charge is 0.480 e. The van der Waals surface area contributed by atoms with Gasteiger partial charge in [-0.3, -0.25) is 9.69 Å². The average molecular weight is 263 g/mol. The van der Waals surface area contributed by atoms with Gasteiger partial charge >= 0.3 is 5.97 Å². The Hall–Kier alpha value is -1.39. The SMILES string of the molecule is COC[C@@H]1CCN([C@@H](C)c2ccccc2)[C@@H]1C(=O)O. The monoisotopic (exact) mass is 263 g/mol. The van der Waals surface area contributed by atoms with Crippen molar-refractivity contribution in [2.75, 3.05) is 20.3 Å². The summed E-state index contributed by atoms with van der Waals surface area (Å²) in [6.07, 6.45) is 0.877. The van der Waals surface area contributed by atoms with Crippen molar-refractivity contribution in [1.29, 1.82) is 0 Å². The molecule has 0 amide bonds. The molecule has 1 saturated heterocycles. The molecule has 1 aliphatic rings. The molecule has 0 spiro atoms. The standard InChI is InChI=1S/C15H21NO3/c1-11(12-6-4-3-5-7-12)16-9-8-13(10-19-2)14(16)15(17)18/h3-7,11,13-14H,8-10H2,1-2H3,(H,17,18)/t11-,13-,14-/m0/s1. The minimum atomic E-state index is -0.748. The zero-order valence-corrected chi connectivity index (χ0v) is 11.5. The van der Waals surface area contributed by atoms with E-state index in [1.165, 1.54) is 0 Å². The Labute approximate surface area is 114 Å². The molecular formula is C15H21NO3. The molecule has 1 fully saturated rings. The van der Waals surface area contributed by atoms with E-state index in [9.17, 15) is 9.90 Å². The van der Waals surface area contributed by atoms with Gasteiger partial charge in [-0.25, -0.2) is 0 Å². The van der Waals surface area contributed by atoms with Crippen LogP contribution < -0.4 is 0 Å². The van der Waals surface area contributed by atoms with Crippen LogP contribution in [0.5, 0.6) is 0 Å². The van der Waals surface area contributed by atoms with Crippen LogP contribution in [-0.2, 0) is 9.53 Å². The lowest BCUT2D eigenvalue weighted by molar-refractivity contribution is -0.145. The second-order valence-electron chi connectivity index (χ2n) is 5.11. The summed E-state index contributed by atoms with van der Waals surface area (Å²) in [5.74, 6) is -0.670. The summed E-state index contributed by atoms with van der Waals surface area (Å²) >= 11 is 0. The highest BCUT2D eigenvalue weighted by Gasteiger charge is 2.41. The fourth-order valence-corrected chi connectivity index (χ4v) is 2.97. The number of nitrogens with zero attached hydrogens (tertiary/aromatic N) is 1. The quantitative estimate of drug-likeness (QED) is 0.884. The van der Waals surface area contributed by atoms with Gasteiger partial charge in [-0.2, -0.15) is 0 Å². The molecule has 0 saturated carbocycles. The van der Waals surface area contributed by atoms with Crippen molar-refractivity contribution in [2.24, 2.45) is 5.92 Å². The van der Waals surface area contributed by atoms with Crippen LogP contribution in [0.15, 0.2) is 30.3 Å². The second-order valence-corrected chi connectivity index (χ2v) is 5.11. The Morgan fingerprint density at radius 1 is 1.47 bits per heavy atom. The minimum Gasteiger partial charge on any atom is -0.480 e. The molecule has 0 unspecified atom stereocenters. The van der Waals surface area contributed by atoms with Gasteiger partial charge in [0.25, 0.3) is 0 Å². The van der Waals surface area contributed by atoms with Crippen molar-refractivity contribution in [3.8, 4) is 0 Å². The van der Waals surface area contributed by atoms with E-state index < -0.39 is 12.0 Å². The third kappa shape index (κ3) is 2.96. The number of benzene rings is 1. The van der Waals surface area contributed by atoms with E-state index in [4.69, 9.17) is 4.74 Å². The lowest BCUT2D eigenvalue weighted by Gasteiger charge is -2.30. The van der Waals surface area contributed by atoms with E-state index >= 15 is 0 Å². The Bertz CT molecular complexity index is 421. The number of aliphatic carboxylic acids is 1. The van der Waals surface area contributed by atoms with Gasteiger partial charge in [-0.15, -0.1) is 0 Å². The molecule has 1 aliphatic heterocycles. The Morgan fingerprint density at radius 2 is 2.16 bits per heavy atom. The van der Waals surface area contributed by atoms with Crippen LogP contribution in [0.3, 0.4) is 0 Å². The number of methoxy groups -OCH3 is 1. The van der Waals surface area contributed by atoms with Crippen LogP contribution in [0.4, 0.5) is 0 Å². The lowest BCUT2D eigenvalue weighted by Crippen LogP contribution is -2.42. The smallest absolute Gasteiger partial charge is 0.321 e. The van der Waals surface area contributed by atoms with Crippen molar-refractivity contribution < 1.29 is 14.6 Å². The van der Waals surface area contributed by atoms with Gasteiger partial charge in [0.15, 0.2) is 0 Å². The van der Waals surface area contributed by atoms with Crippen LogP contribution in [0.25, 0.3) is 0 Å². The third-order valence-corrected chi connectivity index (χ3v) is 3.98. The number of hydrogen-bond donors (Lipinski definition) is 1. The first-order valence-electron chi connectivity index (χ1n) is 6.67. The number of carboxylic acids is 1. The van der Waals surface area contributed by atoms with Crippen molar-refractivity contribution in [3.63, 3.8) is 0 Å². The molecule has 1 aromatic rings. The van der Waals surface area contributed by atoms with E-state index in [0.29, 0.717) is 6.61 Å². The highest BCUT2D eigenvalue weighted by Crippen LogP contribution is 2.33. The van der Waals surface area contributed by atoms with Crippen LogP contribution in [0, 0.1) is 5.92 Å². The highest BCUT2D eigenvalue weighted by molar-refractivity contribution is 5.74. The highest BCUT2D eigenvalue weighted by atomic mass is 16.5. The fraction of sp³-hybridized carbons (Fsp3) is 0.533. The summed E-state index contributed by atoms with van der Waals surface area (Å²) in [7, 11) is 1.63. The molecule has 4 heteroatoms. The Morgan fingerprint density at radius 3 is 2.74 bits per heavy atom. The van der Waals surface area contributed by atoms with Gasteiger partial charge in [0.2, 0.25) is 0 Å². The molecule has 0 aliphatic carbocycles. The molecule has 1 heterocycles. The first kappa shape index (κ1) is 14.0. The number of hydrogen-bond acceptors (Lipinski definition) is 3. The Kier molecular flexibility index (Phi) is 4.56. The topological polar surface area (TPSA) is 49.8 Å². The Balaban J connectivity index is 2.17. The first-order chi connectivity index (χ1) is 9.15. The summed E-state index contributed by atoms with van der Waals surface area (Å²) < 4.78 is 5.15. The number of carbonyl (C=O) groups is 1. The van der Waals surface area contributed by atoms with Crippen LogP contribution in [0.1, 0.15) is 24.9 Å². The molecule has 1 N–H and O–H groups in total. The second kappa shape index (κ2) is 6.17. The van der Waals surface area contributed by atoms with Gasteiger partial charge < -0.3 is 9.84 Å².